The Balaban J connectivity index is 2.54. The Morgan fingerprint density at radius 1 is 1.31 bits per heavy atom. The second-order valence-electron chi connectivity index (χ2n) is 4.28. The fraction of sp³-hybridized carbons (Fsp3) is 0.357. The molecule has 0 aliphatic heterocycles. The van der Waals surface area contributed by atoms with E-state index < -0.39 is 5.41 Å². The molecule has 0 saturated carbocycles. The molecular weight excluding hydrogens is 198 g/mol. The third kappa shape index (κ3) is 1.59. The predicted molar refractivity (Wildman–Crippen MR) is 63.4 cm³/mol. The Kier molecular flexibility index (Phi) is 2.70. The van der Waals surface area contributed by atoms with Crippen LogP contribution in [0.25, 0.3) is 0 Å². The van der Waals surface area contributed by atoms with Gasteiger partial charge in [-0.1, -0.05) is 29.8 Å². The van der Waals surface area contributed by atoms with E-state index in [0.717, 1.165) is 29.7 Å². The van der Waals surface area contributed by atoms with Gasteiger partial charge in [0.15, 0.2) is 0 Å². The number of allylic oxidation sites excluding steroid dienone is 2. The van der Waals surface area contributed by atoms with Crippen molar-refractivity contribution in [2.24, 2.45) is 0 Å². The van der Waals surface area contributed by atoms with Crippen LogP contribution in [0, 0.1) is 18.3 Å². The fourth-order valence-electron chi connectivity index (χ4n) is 2.22. The largest absolute Gasteiger partial charge is 0.496 e. The average molecular weight is 213 g/mol. The number of methoxy groups -OCH3 is 1. The molecule has 0 radical (unpaired) electrons. The molecule has 1 aromatic rings. The summed E-state index contributed by atoms with van der Waals surface area (Å²) >= 11 is 0. The maximum Gasteiger partial charge on any atom is 0.123 e. The lowest BCUT2D eigenvalue weighted by Crippen LogP contribution is -2.21. The molecule has 1 aromatic carbocycles. The summed E-state index contributed by atoms with van der Waals surface area (Å²) in [5.74, 6) is 0.816. The monoisotopic (exact) mass is 213 g/mol. The Labute approximate surface area is 96.2 Å². The first-order valence-electron chi connectivity index (χ1n) is 5.43. The van der Waals surface area contributed by atoms with E-state index in [9.17, 15) is 5.26 Å². The highest BCUT2D eigenvalue weighted by molar-refractivity contribution is 5.48. The molecule has 0 atom stereocenters. The molecule has 82 valence electrons. The summed E-state index contributed by atoms with van der Waals surface area (Å²) in [6.45, 7) is 2.04. The van der Waals surface area contributed by atoms with Crippen molar-refractivity contribution in [1.82, 2.24) is 0 Å². The van der Waals surface area contributed by atoms with Crippen LogP contribution in [0.2, 0.25) is 0 Å². The van der Waals surface area contributed by atoms with Gasteiger partial charge in [-0.25, -0.2) is 0 Å². The molecule has 0 saturated heterocycles. The van der Waals surface area contributed by atoms with Gasteiger partial charge in [-0.15, -0.1) is 0 Å². The van der Waals surface area contributed by atoms with Gasteiger partial charge in [0, 0.05) is 5.56 Å². The summed E-state index contributed by atoms with van der Waals surface area (Å²) in [5.41, 5.74) is 1.76. The fourth-order valence-corrected chi connectivity index (χ4v) is 2.22. The summed E-state index contributed by atoms with van der Waals surface area (Å²) in [6.07, 6.45) is 5.71. The zero-order valence-electron chi connectivity index (χ0n) is 9.66. The van der Waals surface area contributed by atoms with Gasteiger partial charge in [0.1, 0.15) is 5.75 Å². The van der Waals surface area contributed by atoms with Crippen LogP contribution in [0.5, 0.6) is 5.75 Å². The zero-order chi connectivity index (χ0) is 11.6. The summed E-state index contributed by atoms with van der Waals surface area (Å²) in [4.78, 5) is 0. The normalized spacial score (nSPS) is 17.1. The third-order valence-electron chi connectivity index (χ3n) is 3.18. The standard InChI is InChI=1S/C14H15NO/c1-11-5-6-13(16-2)12(9-11)14(10-15)7-3-4-8-14/h3-6,9H,7-8H2,1-2H3. The lowest BCUT2D eigenvalue weighted by atomic mass is 9.78. The van der Waals surface area contributed by atoms with Crippen molar-refractivity contribution in [2.75, 3.05) is 7.11 Å². The third-order valence-corrected chi connectivity index (χ3v) is 3.18. The highest BCUT2D eigenvalue weighted by atomic mass is 16.5. The van der Waals surface area contributed by atoms with Crippen molar-refractivity contribution in [3.05, 3.63) is 41.5 Å². The molecule has 1 aliphatic carbocycles. The van der Waals surface area contributed by atoms with E-state index in [1.807, 2.05) is 19.1 Å². The minimum Gasteiger partial charge on any atom is -0.496 e. The summed E-state index contributed by atoms with van der Waals surface area (Å²) in [5, 5.41) is 9.44. The van der Waals surface area contributed by atoms with E-state index in [1.165, 1.54) is 0 Å². The summed E-state index contributed by atoms with van der Waals surface area (Å²) in [6, 6.07) is 8.47. The van der Waals surface area contributed by atoms with E-state index in [-0.39, 0.29) is 0 Å². The van der Waals surface area contributed by atoms with Gasteiger partial charge in [-0.05, 0) is 25.8 Å². The summed E-state index contributed by atoms with van der Waals surface area (Å²) < 4.78 is 5.36. The van der Waals surface area contributed by atoms with Gasteiger partial charge in [0.2, 0.25) is 0 Å². The molecular formula is C14H15NO. The second kappa shape index (κ2) is 4.02. The number of aryl methyl sites for hydroxylation is 1. The van der Waals surface area contributed by atoms with Gasteiger partial charge >= 0.3 is 0 Å². The van der Waals surface area contributed by atoms with E-state index in [1.54, 1.807) is 7.11 Å². The van der Waals surface area contributed by atoms with Gasteiger partial charge < -0.3 is 4.74 Å². The van der Waals surface area contributed by atoms with Crippen molar-refractivity contribution in [2.45, 2.75) is 25.2 Å². The minimum absolute atomic E-state index is 0.419. The van der Waals surface area contributed by atoms with Crippen LogP contribution in [0.3, 0.4) is 0 Å². The molecule has 0 amide bonds. The number of nitriles is 1. The molecule has 2 heteroatoms. The molecule has 0 unspecified atom stereocenters. The van der Waals surface area contributed by atoms with Gasteiger partial charge in [-0.2, -0.15) is 5.26 Å². The first-order chi connectivity index (χ1) is 7.72. The van der Waals surface area contributed by atoms with Crippen molar-refractivity contribution < 1.29 is 4.74 Å². The highest BCUT2D eigenvalue weighted by Gasteiger charge is 2.35. The van der Waals surface area contributed by atoms with Crippen molar-refractivity contribution in [3.63, 3.8) is 0 Å². The van der Waals surface area contributed by atoms with E-state index >= 15 is 0 Å². The molecule has 0 aromatic heterocycles. The van der Waals surface area contributed by atoms with Crippen molar-refractivity contribution in [1.29, 1.82) is 5.26 Å². The predicted octanol–water partition coefficient (Wildman–Crippen LogP) is 3.12. The second-order valence-corrected chi connectivity index (χ2v) is 4.28. The van der Waals surface area contributed by atoms with Gasteiger partial charge in [-0.3, -0.25) is 0 Å². The molecule has 16 heavy (non-hydrogen) atoms. The number of nitrogens with zero attached hydrogens (tertiary/aromatic N) is 1. The van der Waals surface area contributed by atoms with Crippen LogP contribution in [0.1, 0.15) is 24.0 Å². The van der Waals surface area contributed by atoms with E-state index in [0.29, 0.717) is 0 Å². The molecule has 0 spiro atoms. The SMILES string of the molecule is COc1ccc(C)cc1C1(C#N)CC=CC1. The van der Waals surface area contributed by atoms with Crippen LogP contribution in [0.4, 0.5) is 0 Å². The molecule has 1 aliphatic rings. The number of ether oxygens (including phenoxy) is 1. The minimum atomic E-state index is -0.419. The molecule has 0 heterocycles. The Morgan fingerprint density at radius 2 is 2.00 bits per heavy atom. The van der Waals surface area contributed by atoms with Crippen molar-refractivity contribution in [3.8, 4) is 11.8 Å². The van der Waals surface area contributed by atoms with Crippen LogP contribution < -0.4 is 4.74 Å². The number of hydrogen-bond donors (Lipinski definition) is 0. The van der Waals surface area contributed by atoms with Gasteiger partial charge in [0.05, 0.1) is 18.6 Å². The van der Waals surface area contributed by atoms with Crippen LogP contribution in [-0.2, 0) is 5.41 Å². The molecule has 0 bridgehead atoms. The number of rotatable bonds is 2. The average Bonchev–Trinajstić information content (AvgIpc) is 2.78. The van der Waals surface area contributed by atoms with E-state index in [4.69, 9.17) is 4.74 Å². The first kappa shape index (κ1) is 10.8. The summed E-state index contributed by atoms with van der Waals surface area (Å²) in [7, 11) is 1.65. The van der Waals surface area contributed by atoms with Crippen molar-refractivity contribution >= 4 is 0 Å². The lowest BCUT2D eigenvalue weighted by Gasteiger charge is -2.23. The van der Waals surface area contributed by atoms with Crippen LogP contribution in [-0.4, -0.2) is 7.11 Å². The maximum absolute atomic E-state index is 9.44. The Morgan fingerprint density at radius 3 is 2.56 bits per heavy atom. The molecule has 0 fully saturated rings. The Bertz CT molecular complexity index is 460. The van der Waals surface area contributed by atoms with Gasteiger partial charge in [0.25, 0.3) is 0 Å². The zero-order valence-corrected chi connectivity index (χ0v) is 9.66. The van der Waals surface area contributed by atoms with Crippen LogP contribution in [0.15, 0.2) is 30.4 Å². The highest BCUT2D eigenvalue weighted by Crippen LogP contribution is 2.41. The molecule has 2 rings (SSSR count). The molecule has 0 N–H and O–H groups in total. The smallest absolute Gasteiger partial charge is 0.123 e. The van der Waals surface area contributed by atoms with Crippen LogP contribution >= 0.6 is 0 Å². The maximum atomic E-state index is 9.44. The van der Waals surface area contributed by atoms with E-state index in [2.05, 4.69) is 24.3 Å². The quantitative estimate of drug-likeness (QED) is 0.707. The number of hydrogen-bond acceptors (Lipinski definition) is 2. The molecule has 2 nitrogen and oxygen atoms in total. The Hall–Kier alpha value is -1.75. The first-order valence-corrected chi connectivity index (χ1v) is 5.43. The lowest BCUT2D eigenvalue weighted by molar-refractivity contribution is 0.398. The number of benzene rings is 1. The topological polar surface area (TPSA) is 33.0 Å².